The Morgan fingerprint density at radius 3 is 2.30 bits per heavy atom. The quantitative estimate of drug-likeness (QED) is 0.114. The summed E-state index contributed by atoms with van der Waals surface area (Å²) in [5.74, 6) is 0.330. The highest BCUT2D eigenvalue weighted by Crippen LogP contribution is 2.45. The molecule has 2 aliphatic heterocycles. The molecule has 0 bridgehead atoms. The molecular weight excluding hydrogens is 813 g/mol. The highest BCUT2D eigenvalue weighted by Gasteiger charge is 2.38. The molecule has 0 aliphatic carbocycles. The lowest BCUT2D eigenvalue weighted by molar-refractivity contribution is 0.0696. The Balaban J connectivity index is 1.25. The van der Waals surface area contributed by atoms with Crippen LogP contribution in [0.15, 0.2) is 48.7 Å². The number of carbonyl (C=O) groups is 2. The number of carboxylic acids is 1. The Morgan fingerprint density at radius 1 is 0.918 bits per heavy atom. The number of amides is 1. The van der Waals surface area contributed by atoms with Gasteiger partial charge in [0.05, 0.1) is 47.1 Å². The maximum atomic E-state index is 15.4. The first-order valence-electron chi connectivity index (χ1n) is 20.9. The first kappa shape index (κ1) is 42.7. The van der Waals surface area contributed by atoms with Gasteiger partial charge in [-0.05, 0) is 108 Å². The van der Waals surface area contributed by atoms with Gasteiger partial charge in [-0.3, -0.25) is 9.69 Å². The highest BCUT2D eigenvalue weighted by atomic mass is 35.5. The molecule has 3 aromatic carbocycles. The van der Waals surface area contributed by atoms with E-state index in [1.54, 1.807) is 25.3 Å². The van der Waals surface area contributed by atoms with Crippen molar-refractivity contribution in [2.24, 2.45) is 0 Å². The molecule has 8 rings (SSSR count). The van der Waals surface area contributed by atoms with Crippen molar-refractivity contribution in [3.05, 3.63) is 104 Å². The number of benzene rings is 3. The van der Waals surface area contributed by atoms with E-state index in [1.807, 2.05) is 67.6 Å². The number of fused-ring (bicyclic) bond motifs is 4. The Labute approximate surface area is 366 Å². The maximum absolute atomic E-state index is 15.4. The van der Waals surface area contributed by atoms with Crippen molar-refractivity contribution >= 4 is 62.6 Å². The predicted octanol–water partition coefficient (Wildman–Crippen LogP) is 8.92. The van der Waals surface area contributed by atoms with Crippen LogP contribution < -0.4 is 9.64 Å². The summed E-state index contributed by atoms with van der Waals surface area (Å²) in [7, 11) is 3.79. The molecule has 3 aromatic heterocycles. The third kappa shape index (κ3) is 8.12. The lowest BCUT2D eigenvalue weighted by Gasteiger charge is -2.34. The molecule has 1 amide bonds. The maximum Gasteiger partial charge on any atom is 0.335 e. The third-order valence-electron chi connectivity index (χ3n) is 12.3. The number of nitrogens with zero attached hydrogens (tertiary/aromatic N) is 7. The van der Waals surface area contributed by atoms with Crippen LogP contribution >= 0.6 is 23.2 Å². The van der Waals surface area contributed by atoms with Crippen LogP contribution in [0.3, 0.4) is 0 Å². The highest BCUT2D eigenvalue weighted by molar-refractivity contribution is 6.35. The van der Waals surface area contributed by atoms with Gasteiger partial charge in [0.15, 0.2) is 0 Å². The Hall–Kier alpha value is -4.98. The fourth-order valence-corrected chi connectivity index (χ4v) is 9.58. The van der Waals surface area contributed by atoms with Crippen LogP contribution in [0.25, 0.3) is 32.9 Å². The number of aromatic nitrogens is 4. The molecule has 61 heavy (non-hydrogen) atoms. The molecule has 6 aromatic rings. The van der Waals surface area contributed by atoms with Gasteiger partial charge in [0, 0.05) is 96.9 Å². The zero-order chi connectivity index (χ0) is 43.3. The van der Waals surface area contributed by atoms with E-state index in [0.717, 1.165) is 98.4 Å². The molecule has 14 heteroatoms. The van der Waals surface area contributed by atoms with Crippen molar-refractivity contribution < 1.29 is 24.2 Å². The molecular formula is C47H53Cl2N7O5. The minimum Gasteiger partial charge on any atom is -0.494 e. The van der Waals surface area contributed by atoms with Crippen LogP contribution in [-0.2, 0) is 24.2 Å². The predicted molar refractivity (Wildman–Crippen MR) is 242 cm³/mol. The summed E-state index contributed by atoms with van der Waals surface area (Å²) < 4.78 is 15.9. The average molecular weight is 867 g/mol. The molecule has 1 fully saturated rings. The molecule has 5 heterocycles. The molecule has 1 N–H and O–H groups in total. The molecule has 2 aliphatic rings. The van der Waals surface area contributed by atoms with E-state index in [1.165, 1.54) is 0 Å². The zero-order valence-corrected chi connectivity index (χ0v) is 37.5. The first-order valence-corrected chi connectivity index (χ1v) is 21.7. The van der Waals surface area contributed by atoms with Gasteiger partial charge in [-0.1, -0.05) is 29.3 Å². The Kier molecular flexibility index (Phi) is 12.2. The normalized spacial score (nSPS) is 16.2. The number of ether oxygens (including phenoxy) is 2. The number of carbonyl (C=O) groups excluding carboxylic acids is 1. The van der Waals surface area contributed by atoms with Crippen molar-refractivity contribution in [2.75, 3.05) is 65.0 Å². The summed E-state index contributed by atoms with van der Waals surface area (Å²) in [5, 5.41) is 12.9. The van der Waals surface area contributed by atoms with Crippen LogP contribution in [0.2, 0.25) is 10.0 Å². The molecule has 12 nitrogen and oxygen atoms in total. The van der Waals surface area contributed by atoms with Gasteiger partial charge in [-0.25, -0.2) is 14.8 Å². The molecule has 0 spiro atoms. The van der Waals surface area contributed by atoms with Crippen LogP contribution in [-0.4, -0.2) is 106 Å². The number of rotatable bonds is 13. The fourth-order valence-electron chi connectivity index (χ4n) is 9.23. The van der Waals surface area contributed by atoms with Gasteiger partial charge in [-0.2, -0.15) is 0 Å². The summed E-state index contributed by atoms with van der Waals surface area (Å²) in [6.07, 6.45) is 3.12. The largest absolute Gasteiger partial charge is 0.494 e. The van der Waals surface area contributed by atoms with Gasteiger partial charge in [-0.15, -0.1) is 0 Å². The third-order valence-corrected chi connectivity index (χ3v) is 13.2. The standard InChI is InChI=1S/C47H53Cl2N7O5/c1-27-21-33(22-28(2)43(27)49)61-19-8-9-34-35-11-12-37(48)42(41-30(4)50-40(51-31(41)5)26-53-16-14-52(6)15-17-53)44(35)56-29(3)24-55(46(57)45(34)56)39-25-54(18-20-60-7)38-13-10-32(47(58)59)23-36(38)39/h10-13,21-23,25,29H,8-9,14-20,24,26H2,1-7H3,(H,58,59)/t29-/m1/s1. The van der Waals surface area contributed by atoms with E-state index in [2.05, 4.69) is 28.3 Å². The van der Waals surface area contributed by atoms with Crippen LogP contribution in [0, 0.1) is 27.7 Å². The van der Waals surface area contributed by atoms with E-state index in [-0.39, 0.29) is 17.5 Å². The lowest BCUT2D eigenvalue weighted by Crippen LogP contribution is -2.44. The smallest absolute Gasteiger partial charge is 0.335 e. The van der Waals surface area contributed by atoms with Gasteiger partial charge >= 0.3 is 5.97 Å². The minimum absolute atomic E-state index is 0.151. The van der Waals surface area contributed by atoms with Gasteiger partial charge in [0.1, 0.15) is 17.3 Å². The SMILES string of the molecule is COCCn1cc(N2C[C@@H](C)n3c(c(CCCOc4cc(C)c(Cl)c(C)c4)c4ccc(Cl)c(-c5c(C)nc(CN6CCN(C)CC6)nc5C)c43)C2=O)c2cc(C(=O)O)ccc21. The second-order valence-corrected chi connectivity index (χ2v) is 17.4. The monoisotopic (exact) mass is 865 g/mol. The lowest BCUT2D eigenvalue weighted by atomic mass is 9.97. The number of hydrogen-bond donors (Lipinski definition) is 1. The van der Waals surface area contributed by atoms with E-state index >= 15 is 4.79 Å². The van der Waals surface area contributed by atoms with E-state index in [0.29, 0.717) is 67.5 Å². The summed E-state index contributed by atoms with van der Waals surface area (Å²) in [4.78, 5) is 44.2. The van der Waals surface area contributed by atoms with Crippen molar-refractivity contribution in [1.82, 2.24) is 28.9 Å². The fraction of sp³-hybridized carbons (Fsp3) is 0.404. The Bertz CT molecular complexity index is 2640. The van der Waals surface area contributed by atoms with Crippen molar-refractivity contribution in [3.8, 4) is 16.9 Å². The summed E-state index contributed by atoms with van der Waals surface area (Å²) >= 11 is 13.7. The molecule has 0 unspecified atom stereocenters. The number of methoxy groups -OCH3 is 1. The number of aromatic carboxylic acids is 1. The number of likely N-dealkylation sites (N-methyl/N-ethyl adjacent to an activating group) is 1. The molecule has 1 saturated heterocycles. The summed E-state index contributed by atoms with van der Waals surface area (Å²) in [6, 6.07) is 12.7. The number of hydrogen-bond acceptors (Lipinski definition) is 8. The molecule has 1 atom stereocenters. The summed E-state index contributed by atoms with van der Waals surface area (Å²) in [5.41, 5.74) is 9.23. The van der Waals surface area contributed by atoms with Gasteiger partial charge in [0.2, 0.25) is 0 Å². The molecule has 0 radical (unpaired) electrons. The Morgan fingerprint density at radius 2 is 1.62 bits per heavy atom. The van der Waals surface area contributed by atoms with E-state index in [4.69, 9.17) is 42.6 Å². The number of aryl methyl sites for hydroxylation is 5. The van der Waals surface area contributed by atoms with Crippen LogP contribution in [0.4, 0.5) is 5.69 Å². The number of piperazine rings is 1. The van der Waals surface area contributed by atoms with Crippen molar-refractivity contribution in [1.29, 1.82) is 0 Å². The van der Waals surface area contributed by atoms with E-state index in [9.17, 15) is 9.90 Å². The topological polar surface area (TPSA) is 118 Å². The second kappa shape index (κ2) is 17.4. The van der Waals surface area contributed by atoms with Crippen molar-refractivity contribution in [2.45, 2.75) is 66.6 Å². The number of anilines is 1. The summed E-state index contributed by atoms with van der Waals surface area (Å²) in [6.45, 7) is 16.5. The zero-order valence-electron chi connectivity index (χ0n) is 35.9. The molecule has 0 saturated carbocycles. The second-order valence-electron chi connectivity index (χ2n) is 16.6. The van der Waals surface area contributed by atoms with Crippen LogP contribution in [0.5, 0.6) is 5.75 Å². The van der Waals surface area contributed by atoms with E-state index < -0.39 is 5.97 Å². The molecule has 320 valence electrons. The van der Waals surface area contributed by atoms with Gasteiger partial charge < -0.3 is 33.5 Å². The number of carboxylic acid groups (broad SMARTS) is 1. The minimum atomic E-state index is -1.03. The average Bonchev–Trinajstić information content (AvgIpc) is 3.76. The van der Waals surface area contributed by atoms with Crippen molar-refractivity contribution in [3.63, 3.8) is 0 Å². The van der Waals surface area contributed by atoms with Crippen LogP contribution in [0.1, 0.15) is 74.1 Å². The first-order chi connectivity index (χ1) is 29.2. The van der Waals surface area contributed by atoms with Gasteiger partial charge in [0.25, 0.3) is 5.91 Å². The number of halogens is 2.